The lowest BCUT2D eigenvalue weighted by Crippen LogP contribution is -2.31. The number of rotatable bonds is 6. The van der Waals surface area contributed by atoms with Crippen LogP contribution in [0.25, 0.3) is 0 Å². The van der Waals surface area contributed by atoms with Gasteiger partial charge in [-0.15, -0.1) is 0 Å². The van der Waals surface area contributed by atoms with Crippen LogP contribution in [-0.4, -0.2) is 16.9 Å². The minimum Gasteiger partial charge on any atom is -0.493 e. The summed E-state index contributed by atoms with van der Waals surface area (Å²) < 4.78 is 13.1. The minimum atomic E-state index is -0.216. The van der Waals surface area contributed by atoms with E-state index in [2.05, 4.69) is 17.4 Å². The summed E-state index contributed by atoms with van der Waals surface area (Å²) >= 11 is 0. The molecule has 0 aliphatic heterocycles. The van der Waals surface area contributed by atoms with Crippen molar-refractivity contribution in [3.8, 4) is 5.75 Å². The Morgan fingerprint density at radius 1 is 1.38 bits per heavy atom. The third-order valence-electron chi connectivity index (χ3n) is 3.85. The van der Waals surface area contributed by atoms with E-state index in [0.29, 0.717) is 0 Å². The minimum absolute atomic E-state index is 0.216. The van der Waals surface area contributed by atoms with Crippen molar-refractivity contribution in [2.75, 3.05) is 7.11 Å². The van der Waals surface area contributed by atoms with Crippen molar-refractivity contribution in [2.24, 2.45) is 5.84 Å². The summed E-state index contributed by atoms with van der Waals surface area (Å²) in [7, 11) is 1.64. The Hall–Kier alpha value is -1.79. The van der Waals surface area contributed by atoms with Gasteiger partial charge in [0, 0.05) is 12.1 Å². The SMILES string of the molecule is CCCn1ncc(OC)c1C(NN)c1c(C)oc(C)c1C. The van der Waals surface area contributed by atoms with Gasteiger partial charge >= 0.3 is 0 Å². The van der Waals surface area contributed by atoms with Crippen LogP contribution >= 0.6 is 0 Å². The molecule has 0 spiro atoms. The average molecular weight is 292 g/mol. The zero-order valence-corrected chi connectivity index (χ0v) is 13.4. The summed E-state index contributed by atoms with van der Waals surface area (Å²) in [5.41, 5.74) is 5.96. The van der Waals surface area contributed by atoms with Gasteiger partial charge in [-0.05, 0) is 32.8 Å². The molecule has 2 heterocycles. The largest absolute Gasteiger partial charge is 0.493 e. The second-order valence-electron chi connectivity index (χ2n) is 5.17. The topological polar surface area (TPSA) is 78.2 Å². The normalized spacial score (nSPS) is 12.7. The highest BCUT2D eigenvalue weighted by atomic mass is 16.5. The van der Waals surface area contributed by atoms with E-state index in [-0.39, 0.29) is 6.04 Å². The first-order chi connectivity index (χ1) is 10.0. The molecule has 3 N–H and O–H groups in total. The van der Waals surface area contributed by atoms with Crippen LogP contribution in [0.3, 0.4) is 0 Å². The van der Waals surface area contributed by atoms with Gasteiger partial charge in [-0.2, -0.15) is 5.10 Å². The Morgan fingerprint density at radius 2 is 2.10 bits per heavy atom. The number of nitrogens with two attached hydrogens (primary N) is 1. The van der Waals surface area contributed by atoms with Crippen molar-refractivity contribution in [1.29, 1.82) is 0 Å². The third kappa shape index (κ3) is 2.69. The molecular weight excluding hydrogens is 268 g/mol. The molecule has 2 aromatic heterocycles. The number of ether oxygens (including phenoxy) is 1. The Bertz CT molecular complexity index is 615. The van der Waals surface area contributed by atoms with Crippen molar-refractivity contribution in [3.63, 3.8) is 0 Å². The van der Waals surface area contributed by atoms with Crippen LogP contribution < -0.4 is 16.0 Å². The Kier molecular flexibility index (Phi) is 4.69. The van der Waals surface area contributed by atoms with Crippen molar-refractivity contribution in [3.05, 3.63) is 34.5 Å². The highest BCUT2D eigenvalue weighted by Gasteiger charge is 2.28. The molecular formula is C15H24N4O2. The summed E-state index contributed by atoms with van der Waals surface area (Å²) in [5.74, 6) is 8.34. The molecule has 0 aliphatic rings. The first-order valence-electron chi connectivity index (χ1n) is 7.17. The highest BCUT2D eigenvalue weighted by Crippen LogP contribution is 2.35. The molecule has 2 rings (SSSR count). The second-order valence-corrected chi connectivity index (χ2v) is 5.17. The van der Waals surface area contributed by atoms with Gasteiger partial charge in [0.25, 0.3) is 0 Å². The van der Waals surface area contributed by atoms with Gasteiger partial charge in [0.1, 0.15) is 17.2 Å². The van der Waals surface area contributed by atoms with Crippen molar-refractivity contribution in [1.82, 2.24) is 15.2 Å². The van der Waals surface area contributed by atoms with Crippen LogP contribution in [-0.2, 0) is 6.54 Å². The van der Waals surface area contributed by atoms with E-state index in [4.69, 9.17) is 15.0 Å². The van der Waals surface area contributed by atoms with E-state index in [0.717, 1.165) is 47.1 Å². The fourth-order valence-corrected chi connectivity index (χ4v) is 2.75. The molecule has 0 fully saturated rings. The number of aromatic nitrogens is 2. The number of nitrogens with zero attached hydrogens (tertiary/aromatic N) is 2. The lowest BCUT2D eigenvalue weighted by Gasteiger charge is -2.19. The summed E-state index contributed by atoms with van der Waals surface area (Å²) in [6.45, 7) is 8.87. The number of hydrogen-bond donors (Lipinski definition) is 2. The molecule has 0 bridgehead atoms. The molecule has 1 unspecified atom stereocenters. The molecule has 116 valence electrons. The first kappa shape index (κ1) is 15.6. The Morgan fingerprint density at radius 3 is 2.57 bits per heavy atom. The number of hydrazine groups is 1. The van der Waals surface area contributed by atoms with Crippen molar-refractivity contribution < 1.29 is 9.15 Å². The predicted molar refractivity (Wildman–Crippen MR) is 81.2 cm³/mol. The van der Waals surface area contributed by atoms with Crippen molar-refractivity contribution >= 4 is 0 Å². The fraction of sp³-hybridized carbons (Fsp3) is 0.533. The van der Waals surface area contributed by atoms with E-state index in [1.54, 1.807) is 13.3 Å². The summed E-state index contributed by atoms with van der Waals surface area (Å²) in [6, 6.07) is -0.216. The quantitative estimate of drug-likeness (QED) is 0.631. The van der Waals surface area contributed by atoms with Crippen molar-refractivity contribution in [2.45, 2.75) is 46.7 Å². The molecule has 2 aromatic rings. The van der Waals surface area contributed by atoms with Gasteiger partial charge in [-0.25, -0.2) is 5.43 Å². The number of aryl methyl sites for hydroxylation is 3. The van der Waals surface area contributed by atoms with Gasteiger partial charge < -0.3 is 9.15 Å². The molecule has 1 atom stereocenters. The Labute approximate surface area is 125 Å². The second kappa shape index (κ2) is 6.32. The monoisotopic (exact) mass is 292 g/mol. The fourth-order valence-electron chi connectivity index (χ4n) is 2.75. The lowest BCUT2D eigenvalue weighted by atomic mass is 9.99. The maximum absolute atomic E-state index is 5.84. The van der Waals surface area contributed by atoms with Crippen LogP contribution in [0.5, 0.6) is 5.75 Å². The number of methoxy groups -OCH3 is 1. The third-order valence-corrected chi connectivity index (χ3v) is 3.85. The molecule has 6 heteroatoms. The van der Waals surface area contributed by atoms with E-state index in [1.807, 2.05) is 25.5 Å². The van der Waals surface area contributed by atoms with Crippen LogP contribution in [0.15, 0.2) is 10.6 Å². The number of hydrogen-bond acceptors (Lipinski definition) is 5. The zero-order chi connectivity index (χ0) is 15.6. The van der Waals surface area contributed by atoms with Gasteiger partial charge in [0.15, 0.2) is 5.75 Å². The molecule has 0 radical (unpaired) electrons. The molecule has 0 amide bonds. The smallest absolute Gasteiger partial charge is 0.161 e. The number of furan rings is 1. The van der Waals surface area contributed by atoms with Crippen LogP contribution in [0.4, 0.5) is 0 Å². The molecule has 0 saturated heterocycles. The Balaban J connectivity index is 2.58. The van der Waals surface area contributed by atoms with Crippen LogP contribution in [0.1, 0.15) is 47.7 Å². The molecule has 0 saturated carbocycles. The van der Waals surface area contributed by atoms with E-state index >= 15 is 0 Å². The zero-order valence-electron chi connectivity index (χ0n) is 13.4. The summed E-state index contributed by atoms with van der Waals surface area (Å²) in [6.07, 6.45) is 2.71. The number of nitrogens with one attached hydrogen (secondary N) is 1. The molecule has 0 aliphatic carbocycles. The molecule has 0 aromatic carbocycles. The first-order valence-corrected chi connectivity index (χ1v) is 7.17. The lowest BCUT2D eigenvalue weighted by molar-refractivity contribution is 0.397. The summed E-state index contributed by atoms with van der Waals surface area (Å²) in [5, 5.41) is 4.40. The van der Waals surface area contributed by atoms with E-state index < -0.39 is 0 Å². The standard InChI is InChI=1S/C15H24N4O2/c1-6-7-19-15(12(20-5)8-17-19)14(18-16)13-9(2)10(3)21-11(13)4/h8,14,18H,6-7,16H2,1-5H3. The summed E-state index contributed by atoms with van der Waals surface area (Å²) in [4.78, 5) is 0. The van der Waals surface area contributed by atoms with Gasteiger partial charge in [-0.3, -0.25) is 10.5 Å². The maximum Gasteiger partial charge on any atom is 0.161 e. The van der Waals surface area contributed by atoms with E-state index in [9.17, 15) is 0 Å². The highest BCUT2D eigenvalue weighted by molar-refractivity contribution is 5.42. The predicted octanol–water partition coefficient (Wildman–Crippen LogP) is 2.37. The molecule has 6 nitrogen and oxygen atoms in total. The van der Waals surface area contributed by atoms with Gasteiger partial charge in [0.05, 0.1) is 19.3 Å². The van der Waals surface area contributed by atoms with Crippen LogP contribution in [0.2, 0.25) is 0 Å². The van der Waals surface area contributed by atoms with Crippen LogP contribution in [0, 0.1) is 20.8 Å². The maximum atomic E-state index is 5.84. The van der Waals surface area contributed by atoms with Gasteiger partial charge in [-0.1, -0.05) is 6.92 Å². The average Bonchev–Trinajstić information content (AvgIpc) is 2.96. The van der Waals surface area contributed by atoms with E-state index in [1.165, 1.54) is 0 Å². The molecule has 21 heavy (non-hydrogen) atoms. The van der Waals surface area contributed by atoms with Gasteiger partial charge in [0.2, 0.25) is 0 Å².